The van der Waals surface area contributed by atoms with E-state index in [0.717, 1.165) is 11.1 Å². The Morgan fingerprint density at radius 3 is 1.37 bits per heavy atom. The van der Waals surface area contributed by atoms with Crippen molar-refractivity contribution in [3.8, 4) is 0 Å². The standard InChI is InChI=1S/C17H25NO5.C16H23NO5.CH2O3.2K.H/c1-12(23-17(2,3)4)14(15(19)21-5)18-16(20)22-11-13-9-7-6-8-10-13;1-11(22-16(2,3)4)13(14(18)19)17-15(20)21-10-12-8-6-5-7-9-12;2-1-4-3;;;/h6-10,12,14H,11H2,1-5H3,(H,18,20);5-9,11,13H,10H2,1-4H3,(H,17,20)(H,18,19);1,3H;;;/q;;;2*+1;-1/p-1/t12?,14-;11?,13-;;;;/m00..../s1. The predicted molar refractivity (Wildman–Crippen MR) is 176 cm³/mol. The third-order valence-corrected chi connectivity index (χ3v) is 5.75. The van der Waals surface area contributed by atoms with Crippen molar-refractivity contribution < 1.29 is 167 Å². The molecule has 0 saturated carbocycles. The molecule has 17 heteroatoms. The van der Waals surface area contributed by atoms with E-state index in [1.54, 1.807) is 13.8 Å². The van der Waals surface area contributed by atoms with Crippen LogP contribution >= 0.6 is 0 Å². The Morgan fingerprint density at radius 2 is 1.08 bits per heavy atom. The molecule has 0 spiro atoms. The van der Waals surface area contributed by atoms with Crippen LogP contribution in [0.5, 0.6) is 0 Å². The number of methoxy groups -OCH3 is 1. The number of rotatable bonds is 13. The Hall–Kier alpha value is -1.46. The number of hydrogen-bond acceptors (Lipinski definition) is 12. The molecule has 2 aromatic carbocycles. The third-order valence-electron chi connectivity index (χ3n) is 5.75. The van der Waals surface area contributed by atoms with E-state index in [2.05, 4.69) is 15.5 Å². The monoisotopic (exact) mass is 772 g/mol. The van der Waals surface area contributed by atoms with Gasteiger partial charge in [0.15, 0.2) is 12.1 Å². The SMILES string of the molecule is CC(OC(C)(C)C)[C@H](NC(=O)OCc1ccccc1)C(=O)O.COC(=O)[C@@H](NC(=O)OCc1ccccc1)C(C)OC(C)(C)C.O=CO[O-].[H-].[K+].[K+]. The van der Waals surface area contributed by atoms with Gasteiger partial charge in [-0.05, 0) is 66.5 Å². The van der Waals surface area contributed by atoms with Gasteiger partial charge < -0.3 is 51.0 Å². The van der Waals surface area contributed by atoms with Crippen LogP contribution in [0.1, 0.15) is 67.9 Å². The average molecular weight is 773 g/mol. The van der Waals surface area contributed by atoms with Crippen molar-refractivity contribution in [3.63, 3.8) is 0 Å². The van der Waals surface area contributed by atoms with Gasteiger partial charge >= 0.3 is 127 Å². The second-order valence-electron chi connectivity index (χ2n) is 12.3. The number of hydrogen-bond donors (Lipinski definition) is 3. The van der Waals surface area contributed by atoms with E-state index < -0.39 is 59.6 Å². The van der Waals surface area contributed by atoms with Crippen LogP contribution in [0, 0.1) is 0 Å². The fourth-order valence-electron chi connectivity index (χ4n) is 3.91. The molecule has 0 radical (unpaired) electrons. The van der Waals surface area contributed by atoms with E-state index in [9.17, 15) is 24.3 Å². The zero-order valence-electron chi connectivity index (χ0n) is 32.4. The summed E-state index contributed by atoms with van der Waals surface area (Å²) in [6.45, 7) is 14.4. The first-order valence-electron chi connectivity index (χ1n) is 15.2. The first-order chi connectivity index (χ1) is 22.8. The van der Waals surface area contributed by atoms with Crippen LogP contribution in [0.4, 0.5) is 9.59 Å². The maximum atomic E-state index is 11.9. The van der Waals surface area contributed by atoms with E-state index in [-0.39, 0.29) is 124 Å². The van der Waals surface area contributed by atoms with Crippen LogP contribution in [0.25, 0.3) is 0 Å². The molecule has 0 aromatic heterocycles. The van der Waals surface area contributed by atoms with E-state index in [4.69, 9.17) is 33.7 Å². The Balaban J connectivity index is -0.000000381. The number of alkyl carbamates (subject to hydrolysis) is 2. The molecular formula is C34H50K2N2O13. The fraction of sp³-hybridized carbons (Fsp3) is 0.500. The average Bonchev–Trinajstić information content (AvgIpc) is 3.03. The molecule has 0 aliphatic rings. The van der Waals surface area contributed by atoms with Gasteiger partial charge in [0, 0.05) is 0 Å². The number of carboxylic acids is 1. The third kappa shape index (κ3) is 27.8. The number of carbonyl (C=O) groups excluding carboxylic acids is 4. The predicted octanol–water partition coefficient (Wildman–Crippen LogP) is -2.22. The summed E-state index contributed by atoms with van der Waals surface area (Å²) in [5, 5.41) is 22.5. The maximum absolute atomic E-state index is 11.9. The summed E-state index contributed by atoms with van der Waals surface area (Å²) in [7, 11) is 1.26. The first-order valence-corrected chi connectivity index (χ1v) is 15.2. The minimum absolute atomic E-state index is 0. The molecule has 0 heterocycles. The van der Waals surface area contributed by atoms with E-state index >= 15 is 0 Å². The molecule has 2 aromatic rings. The topological polar surface area (TPSA) is 208 Å². The van der Waals surface area contributed by atoms with Crippen LogP contribution in [0.2, 0.25) is 0 Å². The molecule has 51 heavy (non-hydrogen) atoms. The molecule has 0 bridgehead atoms. The smallest absolute Gasteiger partial charge is 1.00 e. The first kappa shape index (κ1) is 53.9. The van der Waals surface area contributed by atoms with Crippen molar-refractivity contribution >= 4 is 30.6 Å². The summed E-state index contributed by atoms with van der Waals surface area (Å²) >= 11 is 0. The molecule has 276 valence electrons. The summed E-state index contributed by atoms with van der Waals surface area (Å²) in [5.41, 5.74) is 0.712. The molecule has 3 N–H and O–H groups in total. The largest absolute Gasteiger partial charge is 1.00 e. The molecule has 0 aliphatic carbocycles. The molecule has 2 rings (SSSR count). The number of benzene rings is 2. The number of ether oxygens (including phenoxy) is 5. The van der Waals surface area contributed by atoms with Gasteiger partial charge in [0.05, 0.1) is 30.5 Å². The number of aliphatic carboxylic acids is 1. The Morgan fingerprint density at radius 1 is 0.745 bits per heavy atom. The van der Waals surface area contributed by atoms with E-state index in [0.29, 0.717) is 0 Å². The number of amides is 2. The van der Waals surface area contributed by atoms with Crippen molar-refractivity contribution in [2.75, 3.05) is 7.11 Å². The van der Waals surface area contributed by atoms with Crippen LogP contribution in [0.3, 0.4) is 0 Å². The van der Waals surface area contributed by atoms with Gasteiger partial charge in [0.1, 0.15) is 13.2 Å². The van der Waals surface area contributed by atoms with E-state index in [1.807, 2.05) is 102 Å². The summed E-state index contributed by atoms with van der Waals surface area (Å²) < 4.78 is 26.2. The van der Waals surface area contributed by atoms with Crippen molar-refractivity contribution in [1.29, 1.82) is 0 Å². The number of esters is 1. The van der Waals surface area contributed by atoms with Crippen molar-refractivity contribution in [1.82, 2.24) is 10.6 Å². The summed E-state index contributed by atoms with van der Waals surface area (Å²) in [4.78, 5) is 58.1. The van der Waals surface area contributed by atoms with Gasteiger partial charge in [-0.1, -0.05) is 60.7 Å². The molecule has 0 aliphatic heterocycles. The van der Waals surface area contributed by atoms with Crippen molar-refractivity contribution in [2.24, 2.45) is 0 Å². The van der Waals surface area contributed by atoms with E-state index in [1.165, 1.54) is 7.11 Å². The molecule has 15 nitrogen and oxygen atoms in total. The van der Waals surface area contributed by atoms with Gasteiger partial charge in [-0.25, -0.2) is 19.2 Å². The summed E-state index contributed by atoms with van der Waals surface area (Å²) in [6, 6.07) is 16.3. The van der Waals surface area contributed by atoms with Crippen LogP contribution < -0.4 is 119 Å². The maximum Gasteiger partial charge on any atom is 1.00 e. The van der Waals surface area contributed by atoms with Crippen molar-refractivity contribution in [2.45, 2.75) is 104 Å². The molecule has 2 unspecified atom stereocenters. The van der Waals surface area contributed by atoms with Gasteiger partial charge in [-0.3, -0.25) is 4.79 Å². The summed E-state index contributed by atoms with van der Waals surface area (Å²) in [6.07, 6.45) is -2.75. The summed E-state index contributed by atoms with van der Waals surface area (Å²) in [5.74, 6) is -1.76. The van der Waals surface area contributed by atoms with Gasteiger partial charge in [-0.15, -0.1) is 0 Å². The number of nitrogens with one attached hydrogen (secondary N) is 2. The second-order valence-corrected chi connectivity index (χ2v) is 12.3. The Labute approximate surface area is 386 Å². The van der Waals surface area contributed by atoms with Gasteiger partial charge in [0.25, 0.3) is 6.47 Å². The fourth-order valence-corrected chi connectivity index (χ4v) is 3.91. The number of carbonyl (C=O) groups is 5. The normalized spacial score (nSPS) is 12.7. The second kappa shape index (κ2) is 29.0. The zero-order chi connectivity index (χ0) is 37.6. The minimum Gasteiger partial charge on any atom is -1.00 e. The molecule has 4 atom stereocenters. The van der Waals surface area contributed by atoms with Gasteiger partial charge in [-0.2, -0.15) is 0 Å². The molecule has 2 amide bonds. The molecule has 0 saturated heterocycles. The van der Waals surface area contributed by atoms with Crippen LogP contribution in [0.15, 0.2) is 60.7 Å². The molecular weight excluding hydrogens is 723 g/mol. The Kier molecular flexibility index (Phi) is 30.6. The van der Waals surface area contributed by atoms with Crippen molar-refractivity contribution in [3.05, 3.63) is 71.8 Å². The zero-order valence-corrected chi connectivity index (χ0v) is 37.7. The number of carboxylic acid groups (broad SMARTS) is 1. The molecule has 0 fully saturated rings. The van der Waals surface area contributed by atoms with Crippen LogP contribution in [-0.4, -0.2) is 78.3 Å². The Bertz CT molecular complexity index is 1280. The van der Waals surface area contributed by atoms with Gasteiger partial charge in [0.2, 0.25) is 0 Å². The quantitative estimate of drug-likeness (QED) is 0.0494. The van der Waals surface area contributed by atoms with Crippen LogP contribution in [-0.2, 0) is 56.2 Å². The minimum atomic E-state index is -1.18.